The lowest BCUT2D eigenvalue weighted by Gasteiger charge is -2.34. The molecule has 0 unspecified atom stereocenters. The molecule has 37 heavy (non-hydrogen) atoms. The number of carbonyl (C=O) groups excluding carboxylic acids is 1. The molecule has 0 bridgehead atoms. The quantitative estimate of drug-likeness (QED) is 0.400. The molecule has 3 aromatic heterocycles. The average molecular weight is 497 g/mol. The Hall–Kier alpha value is -4.06. The van der Waals surface area contributed by atoms with Crippen LogP contribution in [-0.4, -0.2) is 51.9 Å². The second-order valence-corrected chi connectivity index (χ2v) is 10.1. The van der Waals surface area contributed by atoms with Gasteiger partial charge in [0.2, 0.25) is 11.7 Å². The van der Waals surface area contributed by atoms with Crippen molar-refractivity contribution >= 4 is 16.9 Å². The molecule has 2 aliphatic rings. The van der Waals surface area contributed by atoms with Crippen molar-refractivity contribution < 1.29 is 6.22 Å². The van der Waals surface area contributed by atoms with E-state index in [1.54, 1.807) is 10.9 Å². The van der Waals surface area contributed by atoms with E-state index >= 15 is 0 Å². The van der Waals surface area contributed by atoms with Gasteiger partial charge >= 0.3 is 0 Å². The molecule has 4 heterocycles. The summed E-state index contributed by atoms with van der Waals surface area (Å²) < 4.78 is 3.94. The lowest BCUT2D eigenvalue weighted by Crippen LogP contribution is -2.42. The van der Waals surface area contributed by atoms with Crippen molar-refractivity contribution in [1.82, 2.24) is 39.4 Å². The Labute approximate surface area is 217 Å². The standard InChI is InChI=1S/C28H30N8O.H2/c1-19-5-3-7-23-27(19)32-33-36(23)25-13-14-29-24(31-25)8-4-6-21-9-11-22(12-10-21)28(37)34-15-16-35-20(2)17-30-26(35)18-34;/h3,5,7,13-14,17,21-22H,6,9-12,15-16,18H2,1-2H3;1H. The minimum atomic E-state index is 0. The van der Waals surface area contributed by atoms with Crippen molar-refractivity contribution in [3.63, 3.8) is 0 Å². The SMILES string of the molecule is Cc1cccc2c1nnn2-c1ccnc(C#CCC2CCC(C(=O)N3CCn4c(C)cnc4C3)CC2)n1.[HH]. The van der Waals surface area contributed by atoms with Crippen molar-refractivity contribution in [3.8, 4) is 17.7 Å². The molecule has 0 N–H and O–H groups in total. The number of aryl methyl sites for hydroxylation is 2. The number of imidazole rings is 1. The van der Waals surface area contributed by atoms with Crippen LogP contribution in [0.2, 0.25) is 0 Å². The molecule has 9 nitrogen and oxygen atoms in total. The van der Waals surface area contributed by atoms with E-state index < -0.39 is 0 Å². The lowest BCUT2D eigenvalue weighted by molar-refractivity contribution is -0.138. The molecule has 0 spiro atoms. The molecule has 1 aliphatic carbocycles. The van der Waals surface area contributed by atoms with Gasteiger partial charge in [-0.1, -0.05) is 23.3 Å². The van der Waals surface area contributed by atoms with Gasteiger partial charge in [0.05, 0.1) is 12.1 Å². The summed E-state index contributed by atoms with van der Waals surface area (Å²) in [5.74, 6) is 9.47. The Kier molecular flexibility index (Phi) is 6.16. The van der Waals surface area contributed by atoms with Crippen molar-refractivity contribution in [2.45, 2.75) is 59.0 Å². The van der Waals surface area contributed by atoms with Crippen LogP contribution in [0, 0.1) is 37.5 Å². The Morgan fingerprint density at radius 1 is 1.11 bits per heavy atom. The van der Waals surface area contributed by atoms with Crippen LogP contribution in [0.15, 0.2) is 36.7 Å². The number of nitrogens with zero attached hydrogens (tertiary/aromatic N) is 8. The zero-order valence-electron chi connectivity index (χ0n) is 21.3. The molecular weight excluding hydrogens is 464 g/mol. The number of benzene rings is 1. The fraction of sp³-hybridized carbons (Fsp3) is 0.429. The third kappa shape index (κ3) is 4.59. The van der Waals surface area contributed by atoms with Gasteiger partial charge in [-0.15, -0.1) is 5.10 Å². The highest BCUT2D eigenvalue weighted by Gasteiger charge is 2.31. The highest BCUT2D eigenvalue weighted by atomic mass is 16.2. The van der Waals surface area contributed by atoms with E-state index in [9.17, 15) is 4.79 Å². The maximum Gasteiger partial charge on any atom is 0.226 e. The molecule has 190 valence electrons. The maximum absolute atomic E-state index is 13.1. The van der Waals surface area contributed by atoms with E-state index in [-0.39, 0.29) is 13.3 Å². The summed E-state index contributed by atoms with van der Waals surface area (Å²) in [6.07, 6.45) is 8.31. The Bertz CT molecular complexity index is 1520. The third-order valence-electron chi connectivity index (χ3n) is 7.70. The van der Waals surface area contributed by atoms with Gasteiger partial charge in [0.25, 0.3) is 0 Å². The summed E-state index contributed by atoms with van der Waals surface area (Å²) in [6, 6.07) is 7.81. The first kappa shape index (κ1) is 23.3. The highest BCUT2D eigenvalue weighted by Crippen LogP contribution is 2.32. The predicted octanol–water partition coefficient (Wildman–Crippen LogP) is 3.86. The zero-order valence-corrected chi connectivity index (χ0v) is 21.3. The first-order valence-corrected chi connectivity index (χ1v) is 13.0. The van der Waals surface area contributed by atoms with Crippen molar-refractivity contribution in [3.05, 3.63) is 59.6 Å². The van der Waals surface area contributed by atoms with Gasteiger partial charge in [-0.2, -0.15) is 4.68 Å². The van der Waals surface area contributed by atoms with Crippen molar-refractivity contribution in [2.75, 3.05) is 6.54 Å². The van der Waals surface area contributed by atoms with E-state index in [4.69, 9.17) is 0 Å². The van der Waals surface area contributed by atoms with Crippen LogP contribution in [0.4, 0.5) is 0 Å². The van der Waals surface area contributed by atoms with Gasteiger partial charge in [-0.05, 0) is 63.0 Å². The van der Waals surface area contributed by atoms with Crippen LogP contribution in [0.3, 0.4) is 0 Å². The summed E-state index contributed by atoms with van der Waals surface area (Å²) >= 11 is 0. The smallest absolute Gasteiger partial charge is 0.226 e. The van der Waals surface area contributed by atoms with Crippen LogP contribution < -0.4 is 0 Å². The average Bonchev–Trinajstić information content (AvgIpc) is 3.53. The number of rotatable bonds is 3. The van der Waals surface area contributed by atoms with E-state index in [1.165, 1.54) is 5.69 Å². The van der Waals surface area contributed by atoms with Gasteiger partial charge in [0.15, 0.2) is 5.82 Å². The summed E-state index contributed by atoms with van der Waals surface area (Å²) in [4.78, 5) is 28.5. The molecule has 1 aromatic carbocycles. The fourth-order valence-corrected chi connectivity index (χ4v) is 5.53. The minimum Gasteiger partial charge on any atom is -0.333 e. The Balaban J connectivity index is 0.00000294. The molecule has 1 amide bonds. The molecule has 0 atom stereocenters. The van der Waals surface area contributed by atoms with Crippen LogP contribution in [-0.2, 0) is 17.9 Å². The molecule has 0 radical (unpaired) electrons. The first-order chi connectivity index (χ1) is 18.1. The number of hydrogen-bond acceptors (Lipinski definition) is 6. The maximum atomic E-state index is 13.1. The number of carbonyl (C=O) groups is 1. The van der Waals surface area contributed by atoms with Gasteiger partial charge < -0.3 is 9.47 Å². The van der Waals surface area contributed by atoms with Crippen molar-refractivity contribution in [1.29, 1.82) is 0 Å². The number of fused-ring (bicyclic) bond motifs is 2. The molecular formula is C28H32N8O. The Morgan fingerprint density at radius 2 is 1.97 bits per heavy atom. The van der Waals surface area contributed by atoms with Gasteiger partial charge in [0.1, 0.15) is 11.3 Å². The summed E-state index contributed by atoms with van der Waals surface area (Å²) in [6.45, 7) is 6.33. The normalized spacial score (nSPS) is 19.4. The second kappa shape index (κ2) is 9.77. The summed E-state index contributed by atoms with van der Waals surface area (Å²) in [5, 5.41) is 8.57. The van der Waals surface area contributed by atoms with Gasteiger partial charge in [-0.3, -0.25) is 4.79 Å². The third-order valence-corrected chi connectivity index (χ3v) is 7.70. The van der Waals surface area contributed by atoms with E-state index in [2.05, 4.69) is 48.6 Å². The topological polar surface area (TPSA) is 94.6 Å². The molecule has 1 aliphatic heterocycles. The Morgan fingerprint density at radius 3 is 2.84 bits per heavy atom. The molecule has 1 fully saturated rings. The van der Waals surface area contributed by atoms with Crippen molar-refractivity contribution in [2.24, 2.45) is 11.8 Å². The number of hydrogen-bond donors (Lipinski definition) is 0. The lowest BCUT2D eigenvalue weighted by atomic mass is 9.80. The zero-order chi connectivity index (χ0) is 25.4. The van der Waals surface area contributed by atoms with Crippen LogP contribution in [0.5, 0.6) is 0 Å². The second-order valence-electron chi connectivity index (χ2n) is 10.1. The number of amides is 1. The fourth-order valence-electron chi connectivity index (χ4n) is 5.53. The summed E-state index contributed by atoms with van der Waals surface area (Å²) in [5.41, 5.74) is 4.02. The minimum absolute atomic E-state index is 0. The molecule has 1 saturated carbocycles. The molecule has 4 aromatic rings. The molecule has 0 saturated heterocycles. The summed E-state index contributed by atoms with van der Waals surface area (Å²) in [7, 11) is 0. The van der Waals surface area contributed by atoms with E-state index in [0.29, 0.717) is 24.1 Å². The highest BCUT2D eigenvalue weighted by molar-refractivity contribution is 5.79. The molecule has 6 rings (SSSR count). The van der Waals surface area contributed by atoms with Gasteiger partial charge in [-0.25, -0.2) is 15.0 Å². The number of aromatic nitrogens is 7. The molecule has 9 heteroatoms. The predicted molar refractivity (Wildman–Crippen MR) is 141 cm³/mol. The van der Waals surface area contributed by atoms with Crippen LogP contribution in [0.1, 0.15) is 56.4 Å². The van der Waals surface area contributed by atoms with E-state index in [1.807, 2.05) is 42.3 Å². The van der Waals surface area contributed by atoms with Crippen LogP contribution in [0.25, 0.3) is 16.9 Å². The largest absolute Gasteiger partial charge is 0.333 e. The van der Waals surface area contributed by atoms with Crippen LogP contribution >= 0.6 is 0 Å². The first-order valence-electron chi connectivity index (χ1n) is 13.0. The van der Waals surface area contributed by atoms with Gasteiger partial charge in [0, 0.05) is 51.0 Å². The van der Waals surface area contributed by atoms with E-state index in [0.717, 1.165) is 67.6 Å². The monoisotopic (exact) mass is 496 g/mol.